The summed E-state index contributed by atoms with van der Waals surface area (Å²) in [6, 6.07) is 20.2. The molecule has 1 heterocycles. The molecule has 1 aliphatic rings. The highest BCUT2D eigenvalue weighted by molar-refractivity contribution is 9.10. The monoisotopic (exact) mass is 614 g/mol. The first-order chi connectivity index (χ1) is 16.8. The molecular weight excluding hydrogens is 596 g/mol. The van der Waals surface area contributed by atoms with E-state index in [4.69, 9.17) is 4.74 Å². The van der Waals surface area contributed by atoms with Crippen molar-refractivity contribution in [3.8, 4) is 5.75 Å². The summed E-state index contributed by atoms with van der Waals surface area (Å²) in [6.07, 6.45) is 1.67. The Kier molecular flexibility index (Phi) is 8.10. The van der Waals surface area contributed by atoms with E-state index < -0.39 is 0 Å². The van der Waals surface area contributed by atoms with Crippen LogP contribution < -0.4 is 10.1 Å². The number of para-hydroxylation sites is 1. The van der Waals surface area contributed by atoms with Crippen LogP contribution in [0.1, 0.15) is 16.7 Å². The van der Waals surface area contributed by atoms with E-state index in [1.165, 1.54) is 4.90 Å². The van der Waals surface area contributed by atoms with Crippen LogP contribution in [0.5, 0.6) is 5.75 Å². The van der Waals surface area contributed by atoms with Gasteiger partial charge in [-0.05, 0) is 81.6 Å². The molecule has 0 radical (unpaired) electrons. The molecule has 1 saturated heterocycles. The summed E-state index contributed by atoms with van der Waals surface area (Å²) in [7, 11) is 0. The fraction of sp³-hybridized carbons (Fsp3) is 0.115. The molecule has 35 heavy (non-hydrogen) atoms. The van der Waals surface area contributed by atoms with E-state index in [2.05, 4.69) is 37.2 Å². The number of rotatable bonds is 7. The van der Waals surface area contributed by atoms with Gasteiger partial charge in [0.15, 0.2) is 6.61 Å². The number of anilines is 1. The van der Waals surface area contributed by atoms with Gasteiger partial charge in [0.05, 0.1) is 15.9 Å². The van der Waals surface area contributed by atoms with Crippen LogP contribution in [0.25, 0.3) is 6.08 Å². The molecule has 4 rings (SSSR count). The summed E-state index contributed by atoms with van der Waals surface area (Å²) in [5.74, 6) is -0.113. The number of carbonyl (C=O) groups is 3. The molecule has 1 aliphatic heterocycles. The predicted molar refractivity (Wildman–Crippen MR) is 145 cm³/mol. The minimum atomic E-state index is -0.333. The zero-order valence-electron chi connectivity index (χ0n) is 18.6. The largest absolute Gasteiger partial charge is 0.483 e. The number of nitrogens with zero attached hydrogens (tertiary/aromatic N) is 1. The van der Waals surface area contributed by atoms with Crippen molar-refractivity contribution in [3.05, 3.63) is 97.3 Å². The van der Waals surface area contributed by atoms with Crippen LogP contribution in [0, 0.1) is 6.92 Å². The number of amides is 3. The lowest BCUT2D eigenvalue weighted by atomic mass is 10.2. The number of ether oxygens (including phenoxy) is 1. The number of thioether (sulfide) groups is 1. The van der Waals surface area contributed by atoms with Crippen molar-refractivity contribution in [3.63, 3.8) is 0 Å². The average molecular weight is 616 g/mol. The molecule has 0 aromatic heterocycles. The van der Waals surface area contributed by atoms with Gasteiger partial charge in [-0.25, -0.2) is 0 Å². The van der Waals surface area contributed by atoms with E-state index in [0.717, 1.165) is 38.6 Å². The highest BCUT2D eigenvalue weighted by Gasteiger charge is 2.35. The van der Waals surface area contributed by atoms with Crippen LogP contribution in [0.15, 0.2) is 80.6 Å². The Morgan fingerprint density at radius 3 is 2.51 bits per heavy atom. The maximum atomic E-state index is 12.9. The quantitative estimate of drug-likeness (QED) is 0.297. The van der Waals surface area contributed by atoms with Gasteiger partial charge in [0, 0.05) is 10.2 Å². The van der Waals surface area contributed by atoms with Gasteiger partial charge in [0.2, 0.25) is 0 Å². The number of hydrogen-bond donors (Lipinski definition) is 1. The first-order valence-corrected chi connectivity index (χ1v) is 13.0. The van der Waals surface area contributed by atoms with Gasteiger partial charge >= 0.3 is 0 Å². The lowest BCUT2D eigenvalue weighted by Crippen LogP contribution is -2.27. The van der Waals surface area contributed by atoms with Crippen molar-refractivity contribution in [2.45, 2.75) is 13.5 Å². The first-order valence-electron chi connectivity index (χ1n) is 10.6. The second-order valence-corrected chi connectivity index (χ2v) is 10.4. The number of benzene rings is 3. The van der Waals surface area contributed by atoms with Gasteiger partial charge < -0.3 is 10.1 Å². The van der Waals surface area contributed by atoms with Crippen molar-refractivity contribution in [2.24, 2.45) is 0 Å². The maximum Gasteiger partial charge on any atom is 0.293 e. The van der Waals surface area contributed by atoms with Gasteiger partial charge in [-0.2, -0.15) is 0 Å². The molecule has 9 heteroatoms. The van der Waals surface area contributed by atoms with E-state index in [1.54, 1.807) is 24.3 Å². The van der Waals surface area contributed by atoms with E-state index >= 15 is 0 Å². The van der Waals surface area contributed by atoms with Crippen molar-refractivity contribution in [1.82, 2.24) is 4.90 Å². The third-order valence-corrected chi connectivity index (χ3v) is 7.49. The number of imide groups is 1. The summed E-state index contributed by atoms with van der Waals surface area (Å²) in [5, 5.41) is 2.52. The Hall–Kier alpha value is -2.88. The smallest absolute Gasteiger partial charge is 0.293 e. The Bertz CT molecular complexity index is 1340. The molecule has 3 aromatic carbocycles. The summed E-state index contributed by atoms with van der Waals surface area (Å²) >= 11 is 7.82. The summed E-state index contributed by atoms with van der Waals surface area (Å²) in [6.45, 7) is 1.96. The molecule has 3 amide bonds. The van der Waals surface area contributed by atoms with Crippen molar-refractivity contribution >= 4 is 72.4 Å². The molecule has 178 valence electrons. The number of carbonyl (C=O) groups excluding carboxylic acids is 3. The van der Waals surface area contributed by atoms with E-state index in [1.807, 2.05) is 55.5 Å². The molecule has 1 N–H and O–H groups in total. The lowest BCUT2D eigenvalue weighted by Gasteiger charge is -2.13. The van der Waals surface area contributed by atoms with E-state index in [0.29, 0.717) is 15.1 Å². The van der Waals surface area contributed by atoms with Crippen molar-refractivity contribution < 1.29 is 19.1 Å². The number of aryl methyl sites for hydroxylation is 1. The SMILES string of the molecule is Cc1ccccc1NC(=O)COc1ccc(/C=C2\SC(=O)N(Cc3ccccc3Br)C2=O)cc1Br. The highest BCUT2D eigenvalue weighted by Crippen LogP contribution is 2.35. The minimum Gasteiger partial charge on any atom is -0.483 e. The Morgan fingerprint density at radius 2 is 1.77 bits per heavy atom. The molecule has 0 aliphatic carbocycles. The second-order valence-electron chi connectivity index (χ2n) is 7.70. The third-order valence-electron chi connectivity index (χ3n) is 5.19. The van der Waals surface area contributed by atoms with Crippen LogP contribution in [0.4, 0.5) is 10.5 Å². The lowest BCUT2D eigenvalue weighted by molar-refractivity contribution is -0.123. The van der Waals surface area contributed by atoms with Crippen LogP contribution in [0.3, 0.4) is 0 Å². The first kappa shape index (κ1) is 25.2. The third kappa shape index (κ3) is 6.22. The fourth-order valence-electron chi connectivity index (χ4n) is 3.35. The average Bonchev–Trinajstić information content (AvgIpc) is 3.08. The normalized spacial score (nSPS) is 14.5. The van der Waals surface area contributed by atoms with Gasteiger partial charge in [-0.1, -0.05) is 58.4 Å². The summed E-state index contributed by atoms with van der Waals surface area (Å²) in [4.78, 5) is 39.2. The van der Waals surface area contributed by atoms with Gasteiger partial charge in [-0.15, -0.1) is 0 Å². The molecule has 1 fully saturated rings. The maximum absolute atomic E-state index is 12.9. The standard InChI is InChI=1S/C26H20Br2N2O4S/c1-16-6-2-5-9-21(16)29-24(31)15-34-22-11-10-17(12-20(22)28)13-23-25(32)30(26(33)35-23)14-18-7-3-4-8-19(18)27/h2-13H,14-15H2,1H3,(H,29,31)/b23-13-. The Labute approximate surface area is 224 Å². The molecule has 0 bridgehead atoms. The minimum absolute atomic E-state index is 0.153. The molecule has 0 atom stereocenters. The van der Waals surface area contributed by atoms with Crippen LogP contribution in [-0.4, -0.2) is 28.6 Å². The zero-order valence-corrected chi connectivity index (χ0v) is 22.6. The van der Waals surface area contributed by atoms with Crippen LogP contribution in [-0.2, 0) is 16.1 Å². The summed E-state index contributed by atoms with van der Waals surface area (Å²) in [5.41, 5.74) is 3.28. The van der Waals surface area contributed by atoms with Crippen molar-refractivity contribution in [2.75, 3.05) is 11.9 Å². The highest BCUT2D eigenvalue weighted by atomic mass is 79.9. The molecule has 6 nitrogen and oxygen atoms in total. The second kappa shape index (κ2) is 11.2. The zero-order chi connectivity index (χ0) is 24.9. The molecule has 3 aromatic rings. The fourth-order valence-corrected chi connectivity index (χ4v) is 5.11. The van der Waals surface area contributed by atoms with Crippen LogP contribution in [0.2, 0.25) is 0 Å². The molecule has 0 saturated carbocycles. The molecular formula is C26H20Br2N2O4S. The van der Waals surface area contributed by atoms with E-state index in [-0.39, 0.29) is 30.2 Å². The Morgan fingerprint density at radius 1 is 1.03 bits per heavy atom. The predicted octanol–water partition coefficient (Wildman–Crippen LogP) is 6.77. The van der Waals surface area contributed by atoms with Crippen LogP contribution >= 0.6 is 43.6 Å². The molecule has 0 spiro atoms. The topological polar surface area (TPSA) is 75.7 Å². The number of hydrogen-bond acceptors (Lipinski definition) is 5. The van der Waals surface area contributed by atoms with Gasteiger partial charge in [0.1, 0.15) is 5.75 Å². The molecule has 0 unspecified atom stereocenters. The van der Waals surface area contributed by atoms with Gasteiger partial charge in [-0.3, -0.25) is 19.3 Å². The van der Waals surface area contributed by atoms with Crippen molar-refractivity contribution in [1.29, 1.82) is 0 Å². The van der Waals surface area contributed by atoms with Gasteiger partial charge in [0.25, 0.3) is 17.1 Å². The van der Waals surface area contributed by atoms with E-state index in [9.17, 15) is 14.4 Å². The summed E-state index contributed by atoms with van der Waals surface area (Å²) < 4.78 is 7.12. The number of halogens is 2. The Balaban J connectivity index is 1.40. The number of nitrogens with one attached hydrogen (secondary N) is 1.